The van der Waals surface area contributed by atoms with Gasteiger partial charge in [0, 0.05) is 22.0 Å². The zero-order valence-corrected chi connectivity index (χ0v) is 33.0. The summed E-state index contributed by atoms with van der Waals surface area (Å²) in [7, 11) is -2.06. The fraction of sp³-hybridized carbons (Fsp3) is 0.0370. The largest absolute Gasteiger partial charge is 0.237 e. The van der Waals surface area contributed by atoms with Gasteiger partial charge in [0.05, 0.1) is 5.69 Å². The van der Waals surface area contributed by atoms with Crippen molar-refractivity contribution in [2.75, 3.05) is 0 Å². The van der Waals surface area contributed by atoms with Crippen LogP contribution in [0.2, 0.25) is 13.1 Å². The summed E-state index contributed by atoms with van der Waals surface area (Å²) >= 11 is 0. The third-order valence-electron chi connectivity index (χ3n) is 11.4. The summed E-state index contributed by atoms with van der Waals surface area (Å²) in [6.07, 6.45) is 0. The predicted molar refractivity (Wildman–Crippen MR) is 242 cm³/mol. The molecule has 3 heteroatoms. The highest BCUT2D eigenvalue weighted by molar-refractivity contribution is 7.03. The molecule has 57 heavy (non-hydrogen) atoms. The van der Waals surface area contributed by atoms with E-state index < -0.39 is 8.07 Å². The molecule has 0 amide bonds. The van der Waals surface area contributed by atoms with Crippen molar-refractivity contribution in [2.45, 2.75) is 13.1 Å². The lowest BCUT2D eigenvalue weighted by Crippen LogP contribution is -2.50. The molecule has 0 radical (unpaired) electrons. The van der Waals surface area contributed by atoms with Gasteiger partial charge in [0.25, 0.3) is 0 Å². The molecule has 9 aromatic rings. The number of nitrogens with zero attached hydrogens (tertiary/aromatic N) is 2. The van der Waals surface area contributed by atoms with Crippen molar-refractivity contribution in [2.24, 2.45) is 0 Å². The van der Waals surface area contributed by atoms with Crippen molar-refractivity contribution >= 4 is 18.6 Å². The van der Waals surface area contributed by atoms with Crippen LogP contribution in [0.25, 0.3) is 89.4 Å². The number of aromatic nitrogens is 2. The second kappa shape index (κ2) is 14.3. The zero-order valence-electron chi connectivity index (χ0n) is 32.0. The third kappa shape index (κ3) is 6.42. The first-order chi connectivity index (χ1) is 28.0. The minimum atomic E-state index is -2.06. The highest BCUT2D eigenvalue weighted by atomic mass is 28.3. The van der Waals surface area contributed by atoms with Crippen molar-refractivity contribution in [1.82, 2.24) is 9.97 Å². The van der Waals surface area contributed by atoms with E-state index in [0.717, 1.165) is 33.8 Å². The molecule has 0 N–H and O–H groups in total. The van der Waals surface area contributed by atoms with Gasteiger partial charge in [0.2, 0.25) is 0 Å². The van der Waals surface area contributed by atoms with Gasteiger partial charge in [-0.1, -0.05) is 183 Å². The van der Waals surface area contributed by atoms with Gasteiger partial charge < -0.3 is 0 Å². The van der Waals surface area contributed by atoms with E-state index in [1.807, 2.05) is 0 Å². The van der Waals surface area contributed by atoms with E-state index in [2.05, 4.69) is 219 Å². The highest BCUT2D eigenvalue weighted by Crippen LogP contribution is 2.38. The first-order valence-corrected chi connectivity index (χ1v) is 22.6. The Bertz CT molecular complexity index is 2920. The van der Waals surface area contributed by atoms with Crippen LogP contribution in [-0.2, 0) is 0 Å². The highest BCUT2D eigenvalue weighted by Gasteiger charge is 2.41. The van der Waals surface area contributed by atoms with Crippen molar-refractivity contribution in [3.05, 3.63) is 206 Å². The predicted octanol–water partition coefficient (Wildman–Crippen LogP) is 12.9. The Morgan fingerprint density at radius 1 is 0.316 bits per heavy atom. The molecule has 1 aromatic heterocycles. The van der Waals surface area contributed by atoms with Crippen LogP contribution in [0.5, 0.6) is 0 Å². The SMILES string of the molecule is C[Si]1(C)c2ccccc2-c2c(-c3ccccc3)nc(-c3cccc(-c4cccc(-c5cc(-c6ccccc6)cc(-c6cccc(-c7ccccc7)c6)c5)c4)c3)nc21. The monoisotopic (exact) mass is 744 g/mol. The van der Waals surface area contributed by atoms with E-state index in [0.29, 0.717) is 0 Å². The molecule has 1 aliphatic rings. The van der Waals surface area contributed by atoms with Crippen molar-refractivity contribution in [3.63, 3.8) is 0 Å². The minimum Gasteiger partial charge on any atom is -0.237 e. The molecule has 1 aliphatic heterocycles. The van der Waals surface area contributed by atoms with E-state index in [1.165, 1.54) is 66.1 Å². The average molecular weight is 745 g/mol. The maximum absolute atomic E-state index is 5.43. The fourth-order valence-corrected chi connectivity index (χ4v) is 11.4. The van der Waals surface area contributed by atoms with Crippen LogP contribution in [0.1, 0.15) is 0 Å². The van der Waals surface area contributed by atoms with Gasteiger partial charge in [-0.3, -0.25) is 0 Å². The van der Waals surface area contributed by atoms with Gasteiger partial charge >= 0.3 is 0 Å². The van der Waals surface area contributed by atoms with E-state index in [4.69, 9.17) is 9.97 Å². The maximum atomic E-state index is 5.43. The Labute approximate surface area is 335 Å². The molecule has 8 aromatic carbocycles. The summed E-state index contributed by atoms with van der Waals surface area (Å²) in [4.78, 5) is 10.8. The van der Waals surface area contributed by atoms with Gasteiger partial charge in [0.1, 0.15) is 8.07 Å². The molecular weight excluding hydrogens is 705 g/mol. The van der Waals surface area contributed by atoms with Crippen LogP contribution < -0.4 is 10.5 Å². The van der Waals surface area contributed by atoms with Gasteiger partial charge in [-0.15, -0.1) is 0 Å². The molecule has 0 atom stereocenters. The number of benzene rings is 8. The summed E-state index contributed by atoms with van der Waals surface area (Å²) in [5, 5.41) is 2.64. The molecule has 0 spiro atoms. The Morgan fingerprint density at radius 3 is 1.25 bits per heavy atom. The Morgan fingerprint density at radius 2 is 0.684 bits per heavy atom. The molecule has 2 nitrogen and oxygen atoms in total. The van der Waals surface area contributed by atoms with Crippen LogP contribution >= 0.6 is 0 Å². The molecule has 0 unspecified atom stereocenters. The number of hydrogen-bond acceptors (Lipinski definition) is 2. The number of fused-ring (bicyclic) bond motifs is 3. The number of hydrogen-bond donors (Lipinski definition) is 0. The third-order valence-corrected chi connectivity index (χ3v) is 14.7. The topological polar surface area (TPSA) is 25.8 Å². The molecule has 0 saturated carbocycles. The van der Waals surface area contributed by atoms with E-state index in [9.17, 15) is 0 Å². The van der Waals surface area contributed by atoms with Crippen LogP contribution in [0, 0.1) is 0 Å². The maximum Gasteiger partial charge on any atom is 0.159 e. The van der Waals surface area contributed by atoms with Gasteiger partial charge in [-0.05, 0) is 103 Å². The summed E-state index contributed by atoms with van der Waals surface area (Å²) in [5.41, 5.74) is 17.4. The minimum absolute atomic E-state index is 0.775. The second-order valence-corrected chi connectivity index (χ2v) is 19.7. The fourth-order valence-electron chi connectivity index (χ4n) is 8.46. The lowest BCUT2D eigenvalue weighted by atomic mass is 9.91. The standard InChI is InChI=1S/C54H40N2Si/c1-57(2)50-30-13-12-29-49(50)51-52(39-21-10-5-11-22-39)55-53(56-54(51)57)45-28-16-25-42(33-45)41-24-15-27-44(32-41)48-35-46(38-19-8-4-9-20-38)34-47(36-48)43-26-14-23-40(31-43)37-17-6-3-7-18-37/h3-36H,1-2H3. The van der Waals surface area contributed by atoms with Crippen molar-refractivity contribution in [1.29, 1.82) is 0 Å². The Hall–Kier alpha value is -6.94. The molecule has 2 heterocycles. The molecule has 0 fully saturated rings. The molecule has 0 aliphatic carbocycles. The summed E-state index contributed by atoms with van der Waals surface area (Å²) < 4.78 is 0. The second-order valence-electron chi connectivity index (χ2n) is 15.4. The molecule has 270 valence electrons. The Kier molecular flexibility index (Phi) is 8.66. The van der Waals surface area contributed by atoms with E-state index in [1.54, 1.807) is 0 Å². The van der Waals surface area contributed by atoms with Gasteiger partial charge in [0.15, 0.2) is 5.82 Å². The van der Waals surface area contributed by atoms with Crippen LogP contribution in [0.4, 0.5) is 0 Å². The van der Waals surface area contributed by atoms with Crippen LogP contribution in [0.3, 0.4) is 0 Å². The first-order valence-electron chi connectivity index (χ1n) is 19.6. The van der Waals surface area contributed by atoms with Crippen LogP contribution in [0.15, 0.2) is 206 Å². The Balaban J connectivity index is 1.07. The summed E-state index contributed by atoms with van der Waals surface area (Å²) in [5.74, 6) is 0.775. The van der Waals surface area contributed by atoms with Crippen molar-refractivity contribution in [3.8, 4) is 89.4 Å². The number of rotatable bonds is 7. The van der Waals surface area contributed by atoms with Crippen molar-refractivity contribution < 1.29 is 0 Å². The smallest absolute Gasteiger partial charge is 0.159 e. The average Bonchev–Trinajstić information content (AvgIpc) is 3.52. The van der Waals surface area contributed by atoms with Crippen LogP contribution in [-0.4, -0.2) is 18.0 Å². The van der Waals surface area contributed by atoms with E-state index >= 15 is 0 Å². The zero-order chi connectivity index (χ0) is 38.3. The molecule has 10 rings (SSSR count). The molecule has 0 bridgehead atoms. The lowest BCUT2D eigenvalue weighted by molar-refractivity contribution is 1.21. The first kappa shape index (κ1) is 34.5. The summed E-state index contributed by atoms with van der Waals surface area (Å²) in [6.45, 7) is 4.84. The van der Waals surface area contributed by atoms with Gasteiger partial charge in [-0.2, -0.15) is 0 Å². The molecular formula is C54H40N2Si. The van der Waals surface area contributed by atoms with Gasteiger partial charge in [-0.25, -0.2) is 9.97 Å². The normalized spacial score (nSPS) is 12.5. The van der Waals surface area contributed by atoms with E-state index in [-0.39, 0.29) is 0 Å². The molecule has 0 saturated heterocycles. The lowest BCUT2D eigenvalue weighted by Gasteiger charge is -2.19. The summed E-state index contributed by atoms with van der Waals surface area (Å²) in [6, 6.07) is 74.3. The quantitative estimate of drug-likeness (QED) is 0.152.